The van der Waals surface area contributed by atoms with Crippen LogP contribution in [-0.2, 0) is 6.54 Å². The minimum absolute atomic E-state index is 0.316. The third-order valence-corrected chi connectivity index (χ3v) is 4.37. The Hall–Kier alpha value is -2.40. The van der Waals surface area contributed by atoms with Crippen LogP contribution in [0.5, 0.6) is 0 Å². The van der Waals surface area contributed by atoms with Crippen LogP contribution in [-0.4, -0.2) is 16.0 Å². The van der Waals surface area contributed by atoms with Gasteiger partial charge in [0.15, 0.2) is 0 Å². The summed E-state index contributed by atoms with van der Waals surface area (Å²) in [6, 6.07) is 17.0. The lowest BCUT2D eigenvalue weighted by atomic mass is 10.2. The Balaban J connectivity index is 1.64. The number of rotatable bonds is 6. The lowest BCUT2D eigenvalue weighted by Gasteiger charge is -2.09. The second-order valence-corrected chi connectivity index (χ2v) is 6.72. The summed E-state index contributed by atoms with van der Waals surface area (Å²) in [5.74, 6) is 1.49. The molecule has 0 saturated carbocycles. The van der Waals surface area contributed by atoms with E-state index in [-0.39, 0.29) is 0 Å². The van der Waals surface area contributed by atoms with Gasteiger partial charge in [-0.05, 0) is 37.6 Å². The normalized spacial score (nSPS) is 10.7. The highest BCUT2D eigenvalue weighted by Gasteiger charge is 2.04. The number of anilines is 2. The summed E-state index contributed by atoms with van der Waals surface area (Å²) >= 11 is 1.80. The van der Waals surface area contributed by atoms with Crippen molar-refractivity contribution in [1.82, 2.24) is 9.97 Å². The van der Waals surface area contributed by atoms with Crippen LogP contribution in [0.1, 0.15) is 18.7 Å². The van der Waals surface area contributed by atoms with Gasteiger partial charge in [-0.1, -0.05) is 30.3 Å². The highest BCUT2D eigenvalue weighted by atomic mass is 32.1. The van der Waals surface area contributed by atoms with Gasteiger partial charge >= 0.3 is 0 Å². The molecule has 0 aliphatic carbocycles. The van der Waals surface area contributed by atoms with Crippen LogP contribution in [0.2, 0.25) is 0 Å². The number of thiophene rings is 1. The quantitative estimate of drug-likeness (QED) is 0.693. The van der Waals surface area contributed by atoms with Gasteiger partial charge in [0.2, 0.25) is 5.95 Å². The van der Waals surface area contributed by atoms with Gasteiger partial charge in [-0.15, -0.1) is 11.3 Å². The molecular formula is C18H20N4S. The van der Waals surface area contributed by atoms with E-state index >= 15 is 0 Å². The van der Waals surface area contributed by atoms with E-state index in [2.05, 4.69) is 70.8 Å². The van der Waals surface area contributed by atoms with Gasteiger partial charge in [0, 0.05) is 22.0 Å². The molecule has 0 amide bonds. The van der Waals surface area contributed by atoms with Crippen molar-refractivity contribution >= 4 is 23.1 Å². The summed E-state index contributed by atoms with van der Waals surface area (Å²) in [6.45, 7) is 4.90. The first-order valence-corrected chi connectivity index (χ1v) is 8.50. The number of nitrogens with zero attached hydrogens (tertiary/aromatic N) is 2. The predicted octanol–water partition coefficient (Wildman–Crippen LogP) is 4.64. The molecule has 2 aromatic heterocycles. The predicted molar refractivity (Wildman–Crippen MR) is 97.9 cm³/mol. The molecule has 1 aromatic carbocycles. The molecule has 4 nitrogen and oxygen atoms in total. The minimum atomic E-state index is 0.316. The SMILES string of the molecule is CC(C)Nc1nccc(NCc2ccc(-c3ccccc3)s2)n1. The molecule has 0 atom stereocenters. The molecule has 0 fully saturated rings. The van der Waals surface area contributed by atoms with E-state index in [1.807, 2.05) is 12.1 Å². The molecule has 3 aromatic rings. The molecule has 0 unspecified atom stereocenters. The van der Waals surface area contributed by atoms with E-state index in [0.717, 1.165) is 12.4 Å². The standard InChI is InChI=1S/C18H20N4S/c1-13(2)21-18-19-11-10-17(22-18)20-12-15-8-9-16(23-15)14-6-4-3-5-7-14/h3-11,13H,12H2,1-2H3,(H2,19,20,21,22). The van der Waals surface area contributed by atoms with Crippen LogP contribution in [0.25, 0.3) is 10.4 Å². The molecule has 0 radical (unpaired) electrons. The zero-order valence-electron chi connectivity index (χ0n) is 13.3. The maximum absolute atomic E-state index is 4.46. The minimum Gasteiger partial charge on any atom is -0.365 e. The van der Waals surface area contributed by atoms with E-state index in [4.69, 9.17) is 0 Å². The number of benzene rings is 1. The molecular weight excluding hydrogens is 304 g/mol. The van der Waals surface area contributed by atoms with Gasteiger partial charge in [-0.3, -0.25) is 0 Å². The van der Waals surface area contributed by atoms with Gasteiger partial charge in [0.25, 0.3) is 0 Å². The molecule has 0 spiro atoms. The molecule has 2 heterocycles. The lowest BCUT2D eigenvalue weighted by Crippen LogP contribution is -2.13. The molecule has 0 saturated heterocycles. The first-order chi connectivity index (χ1) is 11.2. The molecule has 0 aliphatic heterocycles. The van der Waals surface area contributed by atoms with Gasteiger partial charge in [-0.25, -0.2) is 4.98 Å². The van der Waals surface area contributed by atoms with Crippen LogP contribution >= 0.6 is 11.3 Å². The zero-order valence-corrected chi connectivity index (χ0v) is 14.1. The first-order valence-electron chi connectivity index (χ1n) is 7.68. The Morgan fingerprint density at radius 1 is 1.04 bits per heavy atom. The summed E-state index contributed by atoms with van der Waals surface area (Å²) in [6.07, 6.45) is 1.77. The largest absolute Gasteiger partial charge is 0.365 e. The van der Waals surface area contributed by atoms with Crippen molar-refractivity contribution in [1.29, 1.82) is 0 Å². The molecule has 23 heavy (non-hydrogen) atoms. The van der Waals surface area contributed by atoms with Crippen molar-refractivity contribution in [3.05, 3.63) is 59.6 Å². The Labute approximate surface area is 140 Å². The number of hydrogen-bond donors (Lipinski definition) is 2. The molecule has 0 bridgehead atoms. The third-order valence-electron chi connectivity index (χ3n) is 3.24. The van der Waals surface area contributed by atoms with Gasteiger partial charge in [-0.2, -0.15) is 4.98 Å². The summed E-state index contributed by atoms with van der Waals surface area (Å²) < 4.78 is 0. The fraction of sp³-hybridized carbons (Fsp3) is 0.222. The number of aromatic nitrogens is 2. The van der Waals surface area contributed by atoms with Crippen LogP contribution in [0, 0.1) is 0 Å². The molecule has 3 rings (SSSR count). The summed E-state index contributed by atoms with van der Waals surface area (Å²) in [4.78, 5) is 11.2. The summed E-state index contributed by atoms with van der Waals surface area (Å²) in [5.41, 5.74) is 1.26. The fourth-order valence-corrected chi connectivity index (χ4v) is 3.15. The summed E-state index contributed by atoms with van der Waals surface area (Å²) in [5, 5.41) is 6.57. The third kappa shape index (κ3) is 4.29. The Kier molecular flexibility index (Phi) is 4.88. The van der Waals surface area contributed by atoms with Gasteiger partial charge in [0.1, 0.15) is 5.82 Å². The second-order valence-electron chi connectivity index (χ2n) is 5.55. The van der Waals surface area contributed by atoms with Crippen molar-refractivity contribution in [3.8, 4) is 10.4 Å². The van der Waals surface area contributed by atoms with Crippen molar-refractivity contribution < 1.29 is 0 Å². The van der Waals surface area contributed by atoms with Crippen LogP contribution in [0.15, 0.2) is 54.7 Å². The van der Waals surface area contributed by atoms with E-state index in [1.54, 1.807) is 17.5 Å². The maximum atomic E-state index is 4.46. The number of nitrogens with one attached hydrogen (secondary N) is 2. The first kappa shape index (κ1) is 15.5. The Bertz CT molecular complexity index is 752. The average Bonchev–Trinajstić information content (AvgIpc) is 3.02. The monoisotopic (exact) mass is 324 g/mol. The van der Waals surface area contributed by atoms with Crippen molar-refractivity contribution in [2.45, 2.75) is 26.4 Å². The Morgan fingerprint density at radius 2 is 1.87 bits per heavy atom. The molecule has 118 valence electrons. The van der Waals surface area contributed by atoms with E-state index in [1.165, 1.54) is 15.3 Å². The average molecular weight is 324 g/mol. The highest BCUT2D eigenvalue weighted by molar-refractivity contribution is 7.15. The molecule has 5 heteroatoms. The van der Waals surface area contributed by atoms with Gasteiger partial charge < -0.3 is 10.6 Å². The topological polar surface area (TPSA) is 49.8 Å². The smallest absolute Gasteiger partial charge is 0.224 e. The van der Waals surface area contributed by atoms with Crippen molar-refractivity contribution in [2.75, 3.05) is 10.6 Å². The molecule has 0 aliphatic rings. The zero-order chi connectivity index (χ0) is 16.1. The summed E-state index contributed by atoms with van der Waals surface area (Å²) in [7, 11) is 0. The number of hydrogen-bond acceptors (Lipinski definition) is 5. The highest BCUT2D eigenvalue weighted by Crippen LogP contribution is 2.28. The van der Waals surface area contributed by atoms with E-state index < -0.39 is 0 Å². The van der Waals surface area contributed by atoms with Crippen LogP contribution < -0.4 is 10.6 Å². The lowest BCUT2D eigenvalue weighted by molar-refractivity contribution is 0.874. The van der Waals surface area contributed by atoms with Crippen molar-refractivity contribution in [2.24, 2.45) is 0 Å². The van der Waals surface area contributed by atoms with E-state index in [0.29, 0.717) is 12.0 Å². The molecule has 2 N–H and O–H groups in total. The maximum Gasteiger partial charge on any atom is 0.224 e. The van der Waals surface area contributed by atoms with E-state index in [9.17, 15) is 0 Å². The van der Waals surface area contributed by atoms with Gasteiger partial charge in [0.05, 0.1) is 6.54 Å². The van der Waals surface area contributed by atoms with Crippen LogP contribution in [0.4, 0.5) is 11.8 Å². The Morgan fingerprint density at radius 3 is 2.65 bits per heavy atom. The second kappa shape index (κ2) is 7.24. The fourth-order valence-electron chi connectivity index (χ4n) is 2.19. The van der Waals surface area contributed by atoms with Crippen LogP contribution in [0.3, 0.4) is 0 Å². The van der Waals surface area contributed by atoms with Crippen molar-refractivity contribution in [3.63, 3.8) is 0 Å².